The lowest BCUT2D eigenvalue weighted by atomic mass is 10.0. The first kappa shape index (κ1) is 24.2. The van der Waals surface area contributed by atoms with Crippen molar-refractivity contribution in [1.29, 1.82) is 5.26 Å². The highest BCUT2D eigenvalue weighted by molar-refractivity contribution is 7.66. The summed E-state index contributed by atoms with van der Waals surface area (Å²) in [6.45, 7) is 3.22. The molecule has 0 radical (unpaired) electrons. The zero-order valence-corrected chi connectivity index (χ0v) is 19.5. The minimum atomic E-state index is -4.79. The maximum absolute atomic E-state index is 13.5. The molecule has 0 saturated carbocycles. The van der Waals surface area contributed by atoms with E-state index < -0.39 is 34.2 Å². The Morgan fingerprint density at radius 3 is 2.03 bits per heavy atom. The smallest absolute Gasteiger partial charge is 0.399 e. The van der Waals surface area contributed by atoms with E-state index in [-0.39, 0.29) is 17.4 Å². The van der Waals surface area contributed by atoms with Crippen molar-refractivity contribution in [1.82, 2.24) is 0 Å². The van der Waals surface area contributed by atoms with Crippen LogP contribution in [0.5, 0.6) is 0 Å². The number of nitriles is 1. The number of rotatable bonds is 4. The van der Waals surface area contributed by atoms with Crippen molar-refractivity contribution < 1.29 is 22.2 Å². The van der Waals surface area contributed by atoms with Crippen LogP contribution in [0, 0.1) is 11.3 Å². The van der Waals surface area contributed by atoms with E-state index in [2.05, 4.69) is 0 Å². The van der Waals surface area contributed by atoms with Gasteiger partial charge >= 0.3 is 23.3 Å². The third-order valence-corrected chi connectivity index (χ3v) is 6.56. The maximum atomic E-state index is 13.5. The lowest BCUT2D eigenvalue weighted by molar-refractivity contribution is -0.137. The third-order valence-electron chi connectivity index (χ3n) is 5.97. The molecule has 3 aromatic carbocycles. The Morgan fingerprint density at radius 2 is 1.51 bits per heavy atom. The minimum absolute atomic E-state index is 0.0907. The average molecular weight is 498 g/mol. The highest BCUT2D eigenvalue weighted by Gasteiger charge is 2.59. The Balaban J connectivity index is 1.75. The molecule has 10 heteroatoms. The Hall–Kier alpha value is -3.97. The molecule has 1 aliphatic rings. The van der Waals surface area contributed by atoms with Gasteiger partial charge in [0.1, 0.15) is 5.54 Å². The van der Waals surface area contributed by atoms with E-state index in [1.165, 1.54) is 12.1 Å². The number of carbonyl (C=O) groups is 1. The summed E-state index contributed by atoms with van der Waals surface area (Å²) in [5.74, 6) is -0.536. The van der Waals surface area contributed by atoms with E-state index in [4.69, 9.17) is 11.0 Å². The molecule has 0 aliphatic carbocycles. The molecule has 1 fully saturated rings. The van der Waals surface area contributed by atoms with Crippen molar-refractivity contribution in [2.75, 3.05) is 15.5 Å². The van der Waals surface area contributed by atoms with Gasteiger partial charge in [0.15, 0.2) is 0 Å². The summed E-state index contributed by atoms with van der Waals surface area (Å²) in [5.41, 5.74) is 4.55. The number of nitrogens with two attached hydrogens (primary N) is 1. The van der Waals surface area contributed by atoms with E-state index in [0.29, 0.717) is 11.4 Å². The third kappa shape index (κ3) is 4.19. The summed E-state index contributed by atoms with van der Waals surface area (Å²) in [6.07, 6.45) is -4.79. The SMILES string of the molecule is CC1(C)C(=O)N(c2ccc(C#N)c(C(F)(F)F)c2)C([S+]=O)N1c1ccc(-c2ccc(N)cc2)cc1. The molecule has 1 unspecified atom stereocenters. The van der Waals surface area contributed by atoms with Gasteiger partial charge in [0, 0.05) is 15.6 Å². The fraction of sp³-hybridized carbons (Fsp3) is 0.200. The highest BCUT2D eigenvalue weighted by Crippen LogP contribution is 2.41. The molecule has 1 saturated heterocycles. The van der Waals surface area contributed by atoms with Gasteiger partial charge in [0.25, 0.3) is 5.91 Å². The Bertz CT molecular complexity index is 1330. The second kappa shape index (κ2) is 8.67. The average Bonchev–Trinajstić information content (AvgIpc) is 3.03. The number of nitrogens with zero attached hydrogens (tertiary/aromatic N) is 3. The van der Waals surface area contributed by atoms with E-state index >= 15 is 0 Å². The van der Waals surface area contributed by atoms with Crippen LogP contribution in [0.1, 0.15) is 25.0 Å². The molecule has 0 spiro atoms. The van der Waals surface area contributed by atoms with Crippen LogP contribution in [0.15, 0.2) is 66.7 Å². The normalized spacial score (nSPS) is 17.4. The molecule has 35 heavy (non-hydrogen) atoms. The first-order valence-corrected chi connectivity index (χ1v) is 11.3. The van der Waals surface area contributed by atoms with Crippen molar-refractivity contribution in [2.24, 2.45) is 0 Å². The number of anilines is 3. The van der Waals surface area contributed by atoms with Gasteiger partial charge in [-0.05, 0) is 67.4 Å². The molecular formula is C25H20F3N4O2S+. The molecule has 1 atom stereocenters. The number of hydrogen-bond donors (Lipinski definition) is 1. The van der Waals surface area contributed by atoms with E-state index in [1.54, 1.807) is 43.0 Å². The van der Waals surface area contributed by atoms with Crippen molar-refractivity contribution >= 4 is 34.6 Å². The van der Waals surface area contributed by atoms with Gasteiger partial charge in [0.05, 0.1) is 22.9 Å². The molecule has 0 bridgehead atoms. The summed E-state index contributed by atoms with van der Waals surface area (Å²) < 4.78 is 52.9. The van der Waals surface area contributed by atoms with Gasteiger partial charge in [-0.25, -0.2) is 4.90 Å². The summed E-state index contributed by atoms with van der Waals surface area (Å²) in [6, 6.07) is 19.0. The molecule has 0 aromatic heterocycles. The molecule has 178 valence electrons. The molecule has 1 amide bonds. The number of halogens is 3. The Morgan fingerprint density at radius 1 is 0.971 bits per heavy atom. The topological polar surface area (TPSA) is 90.4 Å². The van der Waals surface area contributed by atoms with Crippen molar-refractivity contribution in [2.45, 2.75) is 31.1 Å². The molecule has 1 aliphatic heterocycles. The largest absolute Gasteiger partial charge is 0.511 e. The van der Waals surface area contributed by atoms with Gasteiger partial charge in [-0.2, -0.15) is 18.4 Å². The summed E-state index contributed by atoms with van der Waals surface area (Å²) in [4.78, 5) is 16.0. The second-order valence-corrected chi connectivity index (χ2v) is 9.15. The molecule has 1 heterocycles. The number of nitrogen functional groups attached to an aromatic ring is 1. The number of hydrogen-bond acceptors (Lipinski definition) is 5. The maximum Gasteiger partial charge on any atom is 0.511 e. The van der Waals surface area contributed by atoms with Crippen molar-refractivity contribution in [3.8, 4) is 17.2 Å². The number of amides is 1. The van der Waals surface area contributed by atoms with Crippen molar-refractivity contribution in [3.05, 3.63) is 77.9 Å². The summed E-state index contributed by atoms with van der Waals surface area (Å²) in [5, 5.41) is 9.08. The number of alkyl halides is 3. The predicted octanol–water partition coefficient (Wildman–Crippen LogP) is 5.17. The fourth-order valence-electron chi connectivity index (χ4n) is 4.17. The van der Waals surface area contributed by atoms with Gasteiger partial charge < -0.3 is 5.73 Å². The Labute approximate surface area is 203 Å². The molecule has 6 nitrogen and oxygen atoms in total. The standard InChI is InChI=1S/C25H20F3N4O2S/c1-24(2)22(33)31(20-12-7-17(14-29)21(13-20)25(26,27)28)23(35-34)32(24)19-10-5-16(6-11-19)15-3-8-18(30)9-4-15/h3-13,23H,30H2,1-2H3/q+1. The second-order valence-electron chi connectivity index (χ2n) is 8.54. The van der Waals surface area contributed by atoms with E-state index in [9.17, 15) is 22.2 Å². The van der Waals surface area contributed by atoms with Crippen LogP contribution in [0.3, 0.4) is 0 Å². The highest BCUT2D eigenvalue weighted by atomic mass is 32.1. The first-order valence-electron chi connectivity index (χ1n) is 10.5. The molecule has 2 N–H and O–H groups in total. The minimum Gasteiger partial charge on any atom is -0.399 e. The molecule has 3 aromatic rings. The van der Waals surface area contributed by atoms with Crippen LogP contribution < -0.4 is 15.5 Å². The van der Waals surface area contributed by atoms with E-state index in [1.807, 2.05) is 24.3 Å². The van der Waals surface area contributed by atoms with Gasteiger partial charge in [-0.3, -0.25) is 9.69 Å². The lowest BCUT2D eigenvalue weighted by Crippen LogP contribution is -2.46. The predicted molar refractivity (Wildman–Crippen MR) is 128 cm³/mol. The lowest BCUT2D eigenvalue weighted by Gasteiger charge is -2.28. The number of carbonyl (C=O) groups excluding carboxylic acids is 1. The quantitative estimate of drug-likeness (QED) is 0.397. The zero-order chi connectivity index (χ0) is 25.5. The van der Waals surface area contributed by atoms with Crippen LogP contribution in [-0.4, -0.2) is 16.9 Å². The fourth-order valence-corrected chi connectivity index (χ4v) is 4.95. The number of benzene rings is 3. The summed E-state index contributed by atoms with van der Waals surface area (Å²) >= 11 is 0.0907. The Kier molecular flexibility index (Phi) is 5.99. The summed E-state index contributed by atoms with van der Waals surface area (Å²) in [7, 11) is 0. The van der Waals surface area contributed by atoms with Crippen LogP contribution in [0.2, 0.25) is 0 Å². The first-order chi connectivity index (χ1) is 16.5. The van der Waals surface area contributed by atoms with Crippen LogP contribution in [-0.2, 0) is 26.8 Å². The van der Waals surface area contributed by atoms with Crippen molar-refractivity contribution in [3.63, 3.8) is 0 Å². The monoisotopic (exact) mass is 497 g/mol. The van der Waals surface area contributed by atoms with Gasteiger partial charge in [-0.15, -0.1) is 0 Å². The zero-order valence-electron chi connectivity index (χ0n) is 18.7. The van der Waals surface area contributed by atoms with Crippen LogP contribution >= 0.6 is 0 Å². The van der Waals surface area contributed by atoms with Crippen LogP contribution in [0.25, 0.3) is 11.1 Å². The van der Waals surface area contributed by atoms with E-state index in [0.717, 1.165) is 28.2 Å². The van der Waals surface area contributed by atoms with Gasteiger partial charge in [0.2, 0.25) is 0 Å². The van der Waals surface area contributed by atoms with Gasteiger partial charge in [-0.1, -0.05) is 24.3 Å². The van der Waals surface area contributed by atoms with Crippen LogP contribution in [0.4, 0.5) is 30.2 Å². The molecule has 4 rings (SSSR count). The molecular weight excluding hydrogens is 477 g/mol.